The molecule has 0 aliphatic rings. The third kappa shape index (κ3) is 4.44. The number of ether oxygens (including phenoxy) is 1. The Balaban J connectivity index is 1.79. The Hall–Kier alpha value is -2.26. The second kappa shape index (κ2) is 7.36. The molecule has 3 heteroatoms. The normalized spacial score (nSPS) is 10.2. The van der Waals surface area contributed by atoms with Crippen molar-refractivity contribution in [2.24, 2.45) is 0 Å². The van der Waals surface area contributed by atoms with E-state index in [1.54, 1.807) is 18.2 Å². The van der Waals surface area contributed by atoms with E-state index in [0.29, 0.717) is 12.4 Å². The van der Waals surface area contributed by atoms with Crippen LogP contribution in [0, 0.1) is 0 Å². The SMILES string of the molecule is C=CCOc1ccc(CNCc2ccc(O)cc2)cc1. The van der Waals surface area contributed by atoms with E-state index in [0.717, 1.165) is 24.4 Å². The molecule has 20 heavy (non-hydrogen) atoms. The van der Waals surface area contributed by atoms with Gasteiger partial charge in [-0.25, -0.2) is 0 Å². The first-order chi connectivity index (χ1) is 9.78. The van der Waals surface area contributed by atoms with Gasteiger partial charge < -0.3 is 15.2 Å². The predicted octanol–water partition coefficient (Wildman–Crippen LogP) is 3.25. The first-order valence-electron chi connectivity index (χ1n) is 6.59. The molecule has 2 aromatic rings. The Bertz CT molecular complexity index is 532. The van der Waals surface area contributed by atoms with Crippen molar-refractivity contribution >= 4 is 0 Å². The van der Waals surface area contributed by atoms with Crippen molar-refractivity contribution in [1.82, 2.24) is 5.32 Å². The van der Waals surface area contributed by atoms with E-state index in [-0.39, 0.29) is 0 Å². The average molecular weight is 269 g/mol. The van der Waals surface area contributed by atoms with Gasteiger partial charge in [-0.2, -0.15) is 0 Å². The molecule has 0 aliphatic heterocycles. The van der Waals surface area contributed by atoms with Gasteiger partial charge in [-0.15, -0.1) is 0 Å². The van der Waals surface area contributed by atoms with Gasteiger partial charge in [0.05, 0.1) is 0 Å². The van der Waals surface area contributed by atoms with Gasteiger partial charge in [0.2, 0.25) is 0 Å². The highest BCUT2D eigenvalue weighted by Gasteiger charge is 1.96. The molecular formula is C17H19NO2. The number of phenolic OH excluding ortho intramolecular Hbond substituents is 1. The fourth-order valence-electron chi connectivity index (χ4n) is 1.82. The minimum absolute atomic E-state index is 0.295. The lowest BCUT2D eigenvalue weighted by Gasteiger charge is -2.07. The number of hydrogen-bond donors (Lipinski definition) is 2. The Morgan fingerprint density at radius 3 is 2.05 bits per heavy atom. The zero-order valence-electron chi connectivity index (χ0n) is 11.4. The van der Waals surface area contributed by atoms with Gasteiger partial charge in [0.25, 0.3) is 0 Å². The minimum Gasteiger partial charge on any atom is -0.508 e. The summed E-state index contributed by atoms with van der Waals surface area (Å²) in [6, 6.07) is 15.2. The summed E-state index contributed by atoms with van der Waals surface area (Å²) in [5, 5.41) is 12.6. The van der Waals surface area contributed by atoms with Gasteiger partial charge in [-0.1, -0.05) is 36.9 Å². The van der Waals surface area contributed by atoms with Crippen LogP contribution >= 0.6 is 0 Å². The smallest absolute Gasteiger partial charge is 0.119 e. The lowest BCUT2D eigenvalue weighted by atomic mass is 10.2. The fraction of sp³-hybridized carbons (Fsp3) is 0.176. The van der Waals surface area contributed by atoms with E-state index >= 15 is 0 Å². The van der Waals surface area contributed by atoms with Crippen LogP contribution in [0.4, 0.5) is 0 Å². The van der Waals surface area contributed by atoms with Crippen LogP contribution in [0.15, 0.2) is 61.2 Å². The van der Waals surface area contributed by atoms with Crippen LogP contribution in [0.5, 0.6) is 11.5 Å². The van der Waals surface area contributed by atoms with Gasteiger partial charge in [0.15, 0.2) is 0 Å². The largest absolute Gasteiger partial charge is 0.508 e. The van der Waals surface area contributed by atoms with Gasteiger partial charge in [0.1, 0.15) is 18.1 Å². The average Bonchev–Trinajstić information content (AvgIpc) is 2.48. The van der Waals surface area contributed by atoms with Crippen molar-refractivity contribution in [3.63, 3.8) is 0 Å². The highest BCUT2D eigenvalue weighted by Crippen LogP contribution is 2.13. The highest BCUT2D eigenvalue weighted by molar-refractivity contribution is 5.28. The van der Waals surface area contributed by atoms with Crippen LogP contribution in [0.1, 0.15) is 11.1 Å². The van der Waals surface area contributed by atoms with Crippen LogP contribution < -0.4 is 10.1 Å². The number of rotatable bonds is 7. The molecule has 0 saturated heterocycles. The number of aromatic hydroxyl groups is 1. The van der Waals surface area contributed by atoms with Gasteiger partial charge in [-0.3, -0.25) is 0 Å². The van der Waals surface area contributed by atoms with E-state index in [9.17, 15) is 5.11 Å². The van der Waals surface area contributed by atoms with Crippen molar-refractivity contribution in [2.75, 3.05) is 6.61 Å². The third-order valence-corrected chi connectivity index (χ3v) is 2.89. The molecule has 0 heterocycles. The Morgan fingerprint density at radius 2 is 1.50 bits per heavy atom. The van der Waals surface area contributed by atoms with Gasteiger partial charge in [0, 0.05) is 13.1 Å². The molecule has 3 nitrogen and oxygen atoms in total. The molecule has 0 atom stereocenters. The standard InChI is InChI=1S/C17H19NO2/c1-2-11-20-17-9-5-15(6-10-17)13-18-12-14-3-7-16(19)8-4-14/h2-10,18-19H,1,11-13H2. The molecule has 2 aromatic carbocycles. The zero-order chi connectivity index (χ0) is 14.2. The lowest BCUT2D eigenvalue weighted by Crippen LogP contribution is -2.12. The first kappa shape index (κ1) is 14.2. The van der Waals surface area contributed by atoms with Gasteiger partial charge >= 0.3 is 0 Å². The molecule has 0 aliphatic carbocycles. The molecule has 0 saturated carbocycles. The Kier molecular flexibility index (Phi) is 5.21. The summed E-state index contributed by atoms with van der Waals surface area (Å²) < 4.78 is 5.43. The van der Waals surface area contributed by atoms with Crippen molar-refractivity contribution in [1.29, 1.82) is 0 Å². The van der Waals surface area contributed by atoms with Crippen LogP contribution in [0.3, 0.4) is 0 Å². The number of phenols is 1. The van der Waals surface area contributed by atoms with E-state index in [1.165, 1.54) is 5.56 Å². The molecule has 0 unspecified atom stereocenters. The van der Waals surface area contributed by atoms with Crippen LogP contribution in [-0.2, 0) is 13.1 Å². The Morgan fingerprint density at radius 1 is 0.950 bits per heavy atom. The maximum Gasteiger partial charge on any atom is 0.119 e. The van der Waals surface area contributed by atoms with E-state index in [1.807, 2.05) is 36.4 Å². The minimum atomic E-state index is 0.295. The summed E-state index contributed by atoms with van der Waals surface area (Å²) in [5.41, 5.74) is 2.35. The lowest BCUT2D eigenvalue weighted by molar-refractivity contribution is 0.363. The maximum atomic E-state index is 9.21. The number of hydrogen-bond acceptors (Lipinski definition) is 3. The summed E-state index contributed by atoms with van der Waals surface area (Å²) in [4.78, 5) is 0. The molecule has 0 amide bonds. The quantitative estimate of drug-likeness (QED) is 0.758. The maximum absolute atomic E-state index is 9.21. The number of nitrogens with one attached hydrogen (secondary N) is 1. The zero-order valence-corrected chi connectivity index (χ0v) is 11.4. The van der Waals surface area contributed by atoms with Crippen molar-refractivity contribution in [3.8, 4) is 11.5 Å². The molecule has 2 N–H and O–H groups in total. The summed E-state index contributed by atoms with van der Waals surface area (Å²) in [6.07, 6.45) is 1.73. The summed E-state index contributed by atoms with van der Waals surface area (Å²) >= 11 is 0. The van der Waals surface area contributed by atoms with Crippen molar-refractivity contribution in [3.05, 3.63) is 72.3 Å². The second-order valence-electron chi connectivity index (χ2n) is 4.51. The molecule has 0 fully saturated rings. The van der Waals surface area contributed by atoms with Crippen LogP contribution in [0.25, 0.3) is 0 Å². The molecule has 0 aromatic heterocycles. The second-order valence-corrected chi connectivity index (χ2v) is 4.51. The molecular weight excluding hydrogens is 250 g/mol. The molecule has 0 radical (unpaired) electrons. The first-order valence-corrected chi connectivity index (χ1v) is 6.59. The third-order valence-electron chi connectivity index (χ3n) is 2.89. The topological polar surface area (TPSA) is 41.5 Å². The van der Waals surface area contributed by atoms with Crippen molar-refractivity contribution < 1.29 is 9.84 Å². The van der Waals surface area contributed by atoms with Crippen LogP contribution in [0.2, 0.25) is 0 Å². The Labute approximate surface area is 119 Å². The van der Waals surface area contributed by atoms with Crippen molar-refractivity contribution in [2.45, 2.75) is 13.1 Å². The summed E-state index contributed by atoms with van der Waals surface area (Å²) in [7, 11) is 0. The van der Waals surface area contributed by atoms with Gasteiger partial charge in [-0.05, 0) is 35.4 Å². The highest BCUT2D eigenvalue weighted by atomic mass is 16.5. The van der Waals surface area contributed by atoms with Crippen LogP contribution in [-0.4, -0.2) is 11.7 Å². The van der Waals surface area contributed by atoms with E-state index < -0.39 is 0 Å². The monoisotopic (exact) mass is 269 g/mol. The molecule has 0 bridgehead atoms. The molecule has 0 spiro atoms. The molecule has 2 rings (SSSR count). The summed E-state index contributed by atoms with van der Waals surface area (Å²) in [5.74, 6) is 1.15. The number of benzene rings is 2. The predicted molar refractivity (Wildman–Crippen MR) is 80.8 cm³/mol. The molecule has 104 valence electrons. The summed E-state index contributed by atoms with van der Waals surface area (Å²) in [6.45, 7) is 5.71. The fourth-order valence-corrected chi connectivity index (χ4v) is 1.82. The van der Waals surface area contributed by atoms with E-state index in [2.05, 4.69) is 11.9 Å². The van der Waals surface area contributed by atoms with E-state index in [4.69, 9.17) is 4.74 Å².